The van der Waals surface area contributed by atoms with Gasteiger partial charge in [0.25, 0.3) is 5.97 Å². The minimum atomic E-state index is -1.07. The molecule has 0 aliphatic rings. The lowest BCUT2D eigenvalue weighted by atomic mass is 9.74. The second-order valence-electron chi connectivity index (χ2n) is 4.33. The van der Waals surface area contributed by atoms with E-state index < -0.39 is 17.7 Å². The van der Waals surface area contributed by atoms with E-state index in [0.29, 0.717) is 0 Å². The SMILES string of the molecule is [B]C(CC([B])N([B])C(C)(C)C)C(=O)O. The quantitative estimate of drug-likeness (QED) is 0.637. The summed E-state index contributed by atoms with van der Waals surface area (Å²) in [6, 6.07) is 0. The van der Waals surface area contributed by atoms with Gasteiger partial charge in [-0.25, -0.2) is 0 Å². The van der Waals surface area contributed by atoms with Gasteiger partial charge in [0.2, 0.25) is 0 Å². The first kappa shape index (κ1) is 13.6. The highest BCUT2D eigenvalue weighted by molar-refractivity contribution is 6.23. The Morgan fingerprint density at radius 1 is 1.43 bits per heavy atom. The van der Waals surface area contributed by atoms with Gasteiger partial charge in [-0.2, -0.15) is 0 Å². The summed E-state index contributed by atoms with van der Waals surface area (Å²) in [6.07, 6.45) is 0.128. The van der Waals surface area contributed by atoms with E-state index in [1.54, 1.807) is 0 Å². The van der Waals surface area contributed by atoms with Crippen LogP contribution in [0.5, 0.6) is 0 Å². The summed E-state index contributed by atoms with van der Waals surface area (Å²) in [5.41, 5.74) is -0.308. The number of carboxylic acid groups (broad SMARTS) is 1. The largest absolute Gasteiger partial charge is 0.482 e. The highest BCUT2D eigenvalue weighted by Crippen LogP contribution is 2.18. The molecule has 0 rings (SSSR count). The normalized spacial score (nSPS) is 16.6. The molecule has 0 fully saturated rings. The molecule has 2 atom stereocenters. The number of aliphatic carboxylic acids is 1. The summed E-state index contributed by atoms with van der Waals surface area (Å²) in [7, 11) is 16.7. The van der Waals surface area contributed by atoms with Crippen LogP contribution in [0.2, 0.25) is 5.82 Å². The first-order valence-electron chi connectivity index (χ1n) is 4.44. The molecule has 1 N–H and O–H groups in total. The molecule has 6 heteroatoms. The average molecular weight is 189 g/mol. The van der Waals surface area contributed by atoms with Gasteiger partial charge in [-0.1, -0.05) is 0 Å². The Hall–Kier alpha value is -0.375. The molecule has 14 heavy (non-hydrogen) atoms. The average Bonchev–Trinajstić information content (AvgIpc) is 2.00. The first-order valence-corrected chi connectivity index (χ1v) is 4.44. The minimum absolute atomic E-state index is 0.128. The van der Waals surface area contributed by atoms with Crippen molar-refractivity contribution in [1.82, 2.24) is 4.81 Å². The zero-order valence-electron chi connectivity index (χ0n) is 8.90. The Balaban J connectivity index is 4.21. The molecular formula is C8H14B3NO2. The fourth-order valence-electron chi connectivity index (χ4n) is 0.972. The predicted octanol–water partition coefficient (Wildman–Crippen LogP) is 0.0967. The Kier molecular flexibility index (Phi) is 4.79. The number of carboxylic acids is 1. The van der Waals surface area contributed by atoms with Crippen molar-refractivity contribution in [2.24, 2.45) is 0 Å². The molecule has 0 aliphatic heterocycles. The third-order valence-electron chi connectivity index (χ3n) is 1.94. The molecule has 72 valence electrons. The summed E-state index contributed by atoms with van der Waals surface area (Å²) >= 11 is 0. The number of hydrogen-bond acceptors (Lipinski definition) is 2. The Bertz CT molecular complexity index is 205. The molecule has 0 aromatic rings. The fraction of sp³-hybridized carbons (Fsp3) is 0.875. The molecule has 6 radical (unpaired) electrons. The number of nitrogens with zero attached hydrogens (tertiary/aromatic N) is 1. The van der Waals surface area contributed by atoms with Gasteiger partial charge in [-0.3, -0.25) is 4.79 Å². The van der Waals surface area contributed by atoms with Gasteiger partial charge in [0.1, 0.15) is 0 Å². The zero-order valence-corrected chi connectivity index (χ0v) is 8.90. The van der Waals surface area contributed by atoms with Gasteiger partial charge in [0.05, 0.1) is 15.7 Å². The highest BCUT2D eigenvalue weighted by atomic mass is 16.4. The smallest absolute Gasteiger partial charge is 0.297 e. The molecule has 0 aromatic carbocycles. The van der Waals surface area contributed by atoms with E-state index in [4.69, 9.17) is 28.8 Å². The topological polar surface area (TPSA) is 40.5 Å². The maximum absolute atomic E-state index is 10.5. The number of hydrogen-bond donors (Lipinski definition) is 1. The van der Waals surface area contributed by atoms with E-state index in [9.17, 15) is 4.79 Å². The number of carbonyl (C=O) groups is 1. The second kappa shape index (κ2) is 4.92. The van der Waals surface area contributed by atoms with Crippen LogP contribution in [-0.2, 0) is 4.79 Å². The standard InChI is InChI=1S/C8H14B3NO2/c1-8(2,3)12(11)6(10)4-5(9)7(13)14/h5-6H,4H2,1-3H3,(H,13,14). The van der Waals surface area contributed by atoms with Crippen LogP contribution in [0.25, 0.3) is 0 Å². The Morgan fingerprint density at radius 2 is 1.86 bits per heavy atom. The summed E-state index contributed by atoms with van der Waals surface area (Å²) < 4.78 is 0. The highest BCUT2D eigenvalue weighted by Gasteiger charge is 2.23. The molecule has 0 spiro atoms. The molecule has 0 bridgehead atoms. The summed E-state index contributed by atoms with van der Waals surface area (Å²) in [5, 5.41) is 8.58. The predicted molar refractivity (Wildman–Crippen MR) is 58.6 cm³/mol. The molecule has 0 saturated carbocycles. The van der Waals surface area contributed by atoms with E-state index in [2.05, 4.69) is 0 Å². The van der Waals surface area contributed by atoms with Crippen molar-refractivity contribution in [3.05, 3.63) is 0 Å². The van der Waals surface area contributed by atoms with E-state index in [-0.39, 0.29) is 12.0 Å². The Morgan fingerprint density at radius 3 is 2.14 bits per heavy atom. The fourth-order valence-corrected chi connectivity index (χ4v) is 0.972. The molecular weight excluding hydrogens is 175 g/mol. The first-order chi connectivity index (χ1) is 6.16. The van der Waals surface area contributed by atoms with Gasteiger partial charge in [-0.05, 0) is 33.1 Å². The van der Waals surface area contributed by atoms with Gasteiger partial charge in [0.15, 0.2) is 7.98 Å². The van der Waals surface area contributed by atoms with E-state index in [1.807, 2.05) is 20.8 Å². The molecule has 0 saturated heterocycles. The van der Waals surface area contributed by atoms with Gasteiger partial charge in [0, 0.05) is 11.4 Å². The summed E-state index contributed by atoms with van der Waals surface area (Å²) in [6.45, 7) is 5.66. The summed E-state index contributed by atoms with van der Waals surface area (Å²) in [4.78, 5) is 11.9. The molecule has 2 unspecified atom stereocenters. The lowest BCUT2D eigenvalue weighted by Gasteiger charge is -2.39. The van der Waals surface area contributed by atoms with Crippen LogP contribution >= 0.6 is 0 Å². The van der Waals surface area contributed by atoms with Crippen LogP contribution in [0, 0.1) is 0 Å². The van der Waals surface area contributed by atoms with Crippen LogP contribution in [0.3, 0.4) is 0 Å². The molecule has 0 aliphatic carbocycles. The van der Waals surface area contributed by atoms with Crippen LogP contribution in [0.4, 0.5) is 0 Å². The molecule has 0 amide bonds. The third kappa shape index (κ3) is 4.22. The van der Waals surface area contributed by atoms with Crippen molar-refractivity contribution in [2.45, 2.75) is 44.5 Å². The van der Waals surface area contributed by atoms with Gasteiger partial charge >= 0.3 is 0 Å². The second-order valence-corrected chi connectivity index (χ2v) is 4.33. The maximum Gasteiger partial charge on any atom is 0.297 e. The minimum Gasteiger partial charge on any atom is -0.482 e. The van der Waals surface area contributed by atoms with Gasteiger partial charge < -0.3 is 9.92 Å². The van der Waals surface area contributed by atoms with Crippen LogP contribution < -0.4 is 0 Å². The Labute approximate surface area is 89.5 Å². The maximum atomic E-state index is 10.5. The van der Waals surface area contributed by atoms with Crippen molar-refractivity contribution in [3.63, 3.8) is 0 Å². The third-order valence-corrected chi connectivity index (χ3v) is 1.94. The van der Waals surface area contributed by atoms with E-state index in [0.717, 1.165) is 0 Å². The van der Waals surface area contributed by atoms with Crippen molar-refractivity contribution >= 4 is 29.6 Å². The lowest BCUT2D eigenvalue weighted by Crippen LogP contribution is -2.47. The molecule has 3 nitrogen and oxygen atoms in total. The molecule has 0 heterocycles. The van der Waals surface area contributed by atoms with E-state index in [1.165, 1.54) is 4.81 Å². The number of rotatable bonds is 4. The van der Waals surface area contributed by atoms with Gasteiger partial charge in [-0.15, -0.1) is 0 Å². The van der Waals surface area contributed by atoms with Crippen molar-refractivity contribution < 1.29 is 9.90 Å². The lowest BCUT2D eigenvalue weighted by molar-refractivity contribution is -0.137. The van der Waals surface area contributed by atoms with Crippen LogP contribution in [0.15, 0.2) is 0 Å². The van der Waals surface area contributed by atoms with Crippen molar-refractivity contribution in [3.8, 4) is 0 Å². The van der Waals surface area contributed by atoms with Crippen molar-refractivity contribution in [2.75, 3.05) is 0 Å². The molecule has 0 aromatic heterocycles. The zero-order chi connectivity index (χ0) is 11.5. The van der Waals surface area contributed by atoms with E-state index >= 15 is 0 Å². The van der Waals surface area contributed by atoms with Crippen LogP contribution in [-0.4, -0.2) is 51.0 Å². The van der Waals surface area contributed by atoms with Crippen LogP contribution in [0.1, 0.15) is 27.2 Å². The summed E-state index contributed by atoms with van der Waals surface area (Å²) in [5.74, 6) is -2.60. The monoisotopic (exact) mass is 189 g/mol. The van der Waals surface area contributed by atoms with Crippen molar-refractivity contribution in [1.29, 1.82) is 0 Å².